The van der Waals surface area contributed by atoms with Crippen LogP contribution in [-0.4, -0.2) is 42.1 Å². The van der Waals surface area contributed by atoms with Gasteiger partial charge in [0.15, 0.2) is 0 Å². The number of amides is 3. The Balaban J connectivity index is 4.19. The largest absolute Gasteiger partial charge is 0.480 e. The summed E-state index contributed by atoms with van der Waals surface area (Å²) in [7, 11) is 0. The van der Waals surface area contributed by atoms with E-state index in [1.165, 1.54) is 0 Å². The molecule has 2 atom stereocenters. The molecule has 0 radical (unpaired) electrons. The molecule has 0 heterocycles. The lowest BCUT2D eigenvalue weighted by atomic mass is 9.99. The van der Waals surface area contributed by atoms with Crippen LogP contribution in [0.4, 0.5) is 4.79 Å². The van der Waals surface area contributed by atoms with Gasteiger partial charge in [0.1, 0.15) is 6.04 Å². The minimum absolute atomic E-state index is 0.174. The minimum Gasteiger partial charge on any atom is -0.480 e. The highest BCUT2D eigenvalue weighted by molar-refractivity contribution is 5.86. The van der Waals surface area contributed by atoms with Gasteiger partial charge in [-0.15, -0.1) is 0 Å². The smallest absolute Gasteiger partial charge is 0.326 e. The summed E-state index contributed by atoms with van der Waals surface area (Å²) in [4.78, 5) is 33.5. The van der Waals surface area contributed by atoms with Crippen LogP contribution in [-0.2, 0) is 9.59 Å². The number of urea groups is 1. The molecule has 18 heavy (non-hydrogen) atoms. The molecule has 0 aliphatic rings. The third-order valence-electron chi connectivity index (χ3n) is 2.55. The van der Waals surface area contributed by atoms with Crippen molar-refractivity contribution in [1.82, 2.24) is 16.0 Å². The third-order valence-corrected chi connectivity index (χ3v) is 2.55. The van der Waals surface area contributed by atoms with E-state index in [1.807, 2.05) is 6.92 Å². The molecule has 0 aromatic heterocycles. The van der Waals surface area contributed by atoms with Crippen molar-refractivity contribution in [3.8, 4) is 0 Å². The number of likely N-dealkylation sites (N-methyl/N-ethyl adjacent to an activating group) is 1. The molecule has 3 amide bonds. The van der Waals surface area contributed by atoms with E-state index in [1.54, 1.807) is 13.8 Å². The average molecular weight is 259 g/mol. The lowest BCUT2D eigenvalue weighted by Gasteiger charge is -2.20. The van der Waals surface area contributed by atoms with Crippen molar-refractivity contribution in [2.24, 2.45) is 5.92 Å². The fourth-order valence-electron chi connectivity index (χ4n) is 1.30. The van der Waals surface area contributed by atoms with Crippen LogP contribution in [0.1, 0.15) is 27.2 Å². The van der Waals surface area contributed by atoms with E-state index in [4.69, 9.17) is 5.11 Å². The van der Waals surface area contributed by atoms with E-state index in [-0.39, 0.29) is 18.4 Å². The summed E-state index contributed by atoms with van der Waals surface area (Å²) in [5, 5.41) is 16.1. The number of rotatable bonds is 7. The maximum absolute atomic E-state index is 11.4. The van der Waals surface area contributed by atoms with Crippen LogP contribution in [0.5, 0.6) is 0 Å². The lowest BCUT2D eigenvalue weighted by Crippen LogP contribution is -2.50. The molecule has 0 aliphatic carbocycles. The standard InChI is InChI=1S/C11H21N3O4/c1-4-7(3)9(10(16)17)14-11(18)13-6-8(15)12-5-2/h7,9H,4-6H2,1-3H3,(H,12,15)(H,16,17)(H2,13,14,18). The summed E-state index contributed by atoms with van der Waals surface area (Å²) < 4.78 is 0. The van der Waals surface area contributed by atoms with Crippen LogP contribution in [0.2, 0.25) is 0 Å². The molecule has 0 rings (SSSR count). The number of nitrogens with one attached hydrogen (secondary N) is 3. The molecule has 0 saturated heterocycles. The lowest BCUT2D eigenvalue weighted by molar-refractivity contribution is -0.140. The van der Waals surface area contributed by atoms with E-state index >= 15 is 0 Å². The molecule has 0 aromatic carbocycles. The van der Waals surface area contributed by atoms with Crippen molar-refractivity contribution in [1.29, 1.82) is 0 Å². The van der Waals surface area contributed by atoms with Gasteiger partial charge in [0, 0.05) is 6.54 Å². The van der Waals surface area contributed by atoms with Gasteiger partial charge in [0.05, 0.1) is 6.54 Å². The van der Waals surface area contributed by atoms with Gasteiger partial charge in [-0.2, -0.15) is 0 Å². The second-order valence-corrected chi connectivity index (χ2v) is 3.98. The van der Waals surface area contributed by atoms with Gasteiger partial charge in [0.2, 0.25) is 5.91 Å². The first-order valence-corrected chi connectivity index (χ1v) is 5.96. The number of aliphatic carboxylic acids is 1. The molecule has 2 unspecified atom stereocenters. The molecular weight excluding hydrogens is 238 g/mol. The van der Waals surface area contributed by atoms with E-state index in [9.17, 15) is 14.4 Å². The quantitative estimate of drug-likeness (QED) is 0.513. The number of carboxylic acid groups (broad SMARTS) is 1. The predicted octanol–water partition coefficient (Wildman–Crippen LogP) is -0.0790. The summed E-state index contributed by atoms with van der Waals surface area (Å²) >= 11 is 0. The van der Waals surface area contributed by atoms with Crippen molar-refractivity contribution < 1.29 is 19.5 Å². The molecule has 0 aromatic rings. The summed E-state index contributed by atoms with van der Waals surface area (Å²) in [5.41, 5.74) is 0. The summed E-state index contributed by atoms with van der Waals surface area (Å²) in [6, 6.07) is -1.61. The monoisotopic (exact) mass is 259 g/mol. The zero-order valence-electron chi connectivity index (χ0n) is 10.9. The molecule has 4 N–H and O–H groups in total. The van der Waals surface area contributed by atoms with Crippen LogP contribution in [0, 0.1) is 5.92 Å². The van der Waals surface area contributed by atoms with Gasteiger partial charge in [-0.1, -0.05) is 20.3 Å². The Bertz CT molecular complexity index is 307. The normalized spacial score (nSPS) is 13.3. The summed E-state index contributed by atoms with van der Waals surface area (Å²) in [6.07, 6.45) is 0.633. The molecule has 0 saturated carbocycles. The Morgan fingerprint density at radius 3 is 2.22 bits per heavy atom. The maximum Gasteiger partial charge on any atom is 0.326 e. The molecule has 0 bridgehead atoms. The molecule has 0 aliphatic heterocycles. The van der Waals surface area contributed by atoms with Gasteiger partial charge in [0.25, 0.3) is 0 Å². The summed E-state index contributed by atoms with van der Waals surface area (Å²) in [5.74, 6) is -1.58. The van der Waals surface area contributed by atoms with Crippen molar-refractivity contribution in [3.63, 3.8) is 0 Å². The van der Waals surface area contributed by atoms with Crippen LogP contribution in [0.25, 0.3) is 0 Å². The van der Waals surface area contributed by atoms with Gasteiger partial charge in [-0.3, -0.25) is 4.79 Å². The Morgan fingerprint density at radius 2 is 1.78 bits per heavy atom. The number of hydrogen-bond acceptors (Lipinski definition) is 3. The predicted molar refractivity (Wildman–Crippen MR) is 66.1 cm³/mol. The molecule has 0 fully saturated rings. The second kappa shape index (κ2) is 8.32. The highest BCUT2D eigenvalue weighted by atomic mass is 16.4. The molecule has 104 valence electrons. The minimum atomic E-state index is -1.09. The number of carboxylic acids is 1. The van der Waals surface area contributed by atoms with Crippen molar-refractivity contribution in [2.75, 3.05) is 13.1 Å². The maximum atomic E-state index is 11.4. The molecule has 0 spiro atoms. The first-order valence-electron chi connectivity index (χ1n) is 5.96. The number of carbonyl (C=O) groups is 3. The van der Waals surface area contributed by atoms with Crippen LogP contribution in [0.3, 0.4) is 0 Å². The summed E-state index contributed by atoms with van der Waals surface area (Å²) in [6.45, 7) is 5.65. The fraction of sp³-hybridized carbons (Fsp3) is 0.727. The number of carbonyl (C=O) groups excluding carboxylic acids is 2. The van der Waals surface area contributed by atoms with E-state index in [0.717, 1.165) is 0 Å². The number of hydrogen-bond donors (Lipinski definition) is 4. The van der Waals surface area contributed by atoms with Gasteiger partial charge in [-0.25, -0.2) is 9.59 Å². The highest BCUT2D eigenvalue weighted by Crippen LogP contribution is 2.07. The van der Waals surface area contributed by atoms with Crippen LogP contribution >= 0.6 is 0 Å². The third kappa shape index (κ3) is 6.07. The van der Waals surface area contributed by atoms with E-state index in [0.29, 0.717) is 13.0 Å². The van der Waals surface area contributed by atoms with Gasteiger partial charge < -0.3 is 21.1 Å². The van der Waals surface area contributed by atoms with E-state index in [2.05, 4.69) is 16.0 Å². The first kappa shape index (κ1) is 16.2. The van der Waals surface area contributed by atoms with Crippen LogP contribution < -0.4 is 16.0 Å². The second-order valence-electron chi connectivity index (χ2n) is 3.98. The Hall–Kier alpha value is -1.79. The molecular formula is C11H21N3O4. The molecule has 7 heteroatoms. The zero-order valence-corrected chi connectivity index (χ0v) is 10.9. The van der Waals surface area contributed by atoms with Crippen molar-refractivity contribution >= 4 is 17.9 Å². The van der Waals surface area contributed by atoms with Gasteiger partial charge >= 0.3 is 12.0 Å². The van der Waals surface area contributed by atoms with E-state index < -0.39 is 18.0 Å². The average Bonchev–Trinajstić information content (AvgIpc) is 2.32. The highest BCUT2D eigenvalue weighted by Gasteiger charge is 2.25. The van der Waals surface area contributed by atoms with Crippen molar-refractivity contribution in [2.45, 2.75) is 33.2 Å². The topological polar surface area (TPSA) is 108 Å². The Labute approximate surface area is 106 Å². The Kier molecular flexibility index (Phi) is 7.50. The molecule has 7 nitrogen and oxygen atoms in total. The first-order chi connectivity index (χ1) is 8.42. The van der Waals surface area contributed by atoms with Crippen molar-refractivity contribution in [3.05, 3.63) is 0 Å². The van der Waals surface area contributed by atoms with Gasteiger partial charge in [-0.05, 0) is 12.8 Å². The SMILES string of the molecule is CCNC(=O)CNC(=O)NC(C(=O)O)C(C)CC. The Morgan fingerprint density at radius 1 is 1.17 bits per heavy atom. The van der Waals surface area contributed by atoms with Crippen LogP contribution in [0.15, 0.2) is 0 Å². The fourth-order valence-corrected chi connectivity index (χ4v) is 1.30. The zero-order chi connectivity index (χ0) is 14.1.